The van der Waals surface area contributed by atoms with Crippen LogP contribution >= 0.6 is 23.2 Å². The molecule has 32 heavy (non-hydrogen) atoms. The lowest BCUT2D eigenvalue weighted by atomic mass is 10.3. The topological polar surface area (TPSA) is 63.5 Å². The van der Waals surface area contributed by atoms with E-state index in [4.69, 9.17) is 27.9 Å². The summed E-state index contributed by atoms with van der Waals surface area (Å²) >= 11 is 12.7. The third-order valence-electron chi connectivity index (χ3n) is 5.41. The van der Waals surface area contributed by atoms with Gasteiger partial charge >= 0.3 is 0 Å². The molecule has 1 amide bonds. The minimum atomic E-state index is -0.179. The maximum absolute atomic E-state index is 13.1. The van der Waals surface area contributed by atoms with Crippen LogP contribution in [0, 0.1) is 0 Å². The Morgan fingerprint density at radius 3 is 2.34 bits per heavy atom. The number of halogens is 2. The molecule has 2 heterocycles. The Hall–Kier alpha value is -2.61. The van der Waals surface area contributed by atoms with Gasteiger partial charge in [0.05, 0.1) is 10.0 Å². The van der Waals surface area contributed by atoms with Crippen molar-refractivity contribution in [1.29, 1.82) is 0 Å². The summed E-state index contributed by atoms with van der Waals surface area (Å²) in [4.78, 5) is 21.6. The first-order valence-corrected chi connectivity index (χ1v) is 11.4. The molecule has 0 unspecified atom stereocenters. The van der Waals surface area contributed by atoms with Gasteiger partial charge in [0.25, 0.3) is 5.91 Å². The zero-order valence-corrected chi connectivity index (χ0v) is 19.4. The van der Waals surface area contributed by atoms with Crippen LogP contribution in [-0.2, 0) is 6.42 Å². The highest BCUT2D eigenvalue weighted by Gasteiger charge is 2.26. The van der Waals surface area contributed by atoms with E-state index in [0.717, 1.165) is 25.4 Å². The van der Waals surface area contributed by atoms with E-state index in [-0.39, 0.29) is 11.7 Å². The fourth-order valence-electron chi connectivity index (χ4n) is 3.66. The summed E-state index contributed by atoms with van der Waals surface area (Å²) in [6.45, 7) is 6.18. The van der Waals surface area contributed by atoms with Crippen molar-refractivity contribution in [2.45, 2.75) is 13.3 Å². The van der Waals surface area contributed by atoms with Crippen molar-refractivity contribution < 1.29 is 9.53 Å². The van der Waals surface area contributed by atoms with Gasteiger partial charge in [-0.1, -0.05) is 54.4 Å². The molecule has 0 radical (unpaired) electrons. The SMILES string of the molecule is CCc1nc(C(=O)N2CCN(CCOc3ccccc3)CC2)nn1-c1c(Cl)cccc1Cl. The van der Waals surface area contributed by atoms with Gasteiger partial charge in [0.2, 0.25) is 5.82 Å². The molecule has 0 atom stereocenters. The van der Waals surface area contributed by atoms with E-state index in [2.05, 4.69) is 15.0 Å². The van der Waals surface area contributed by atoms with Crippen LogP contribution in [0.2, 0.25) is 10.0 Å². The van der Waals surface area contributed by atoms with Crippen LogP contribution in [0.1, 0.15) is 23.4 Å². The quantitative estimate of drug-likeness (QED) is 0.519. The van der Waals surface area contributed by atoms with Crippen LogP contribution in [0.25, 0.3) is 5.69 Å². The number of carbonyl (C=O) groups is 1. The third-order valence-corrected chi connectivity index (χ3v) is 6.02. The van der Waals surface area contributed by atoms with Gasteiger partial charge in [0.15, 0.2) is 0 Å². The van der Waals surface area contributed by atoms with Gasteiger partial charge < -0.3 is 9.64 Å². The van der Waals surface area contributed by atoms with Crippen LogP contribution in [0.4, 0.5) is 0 Å². The lowest BCUT2D eigenvalue weighted by Gasteiger charge is -2.34. The van der Waals surface area contributed by atoms with Crippen LogP contribution in [0.3, 0.4) is 0 Å². The molecule has 0 bridgehead atoms. The van der Waals surface area contributed by atoms with E-state index in [1.165, 1.54) is 0 Å². The molecule has 0 saturated carbocycles. The molecular weight excluding hydrogens is 449 g/mol. The average molecular weight is 474 g/mol. The molecule has 7 nitrogen and oxygen atoms in total. The summed E-state index contributed by atoms with van der Waals surface area (Å²) in [7, 11) is 0. The molecule has 1 saturated heterocycles. The molecule has 1 aromatic heterocycles. The van der Waals surface area contributed by atoms with Crippen molar-refractivity contribution in [3.63, 3.8) is 0 Å². The number of aryl methyl sites for hydroxylation is 1. The maximum atomic E-state index is 13.1. The second kappa shape index (κ2) is 10.3. The number of hydrogen-bond acceptors (Lipinski definition) is 5. The normalized spacial score (nSPS) is 14.5. The fraction of sp³-hybridized carbons (Fsp3) is 0.348. The van der Waals surface area contributed by atoms with Gasteiger partial charge in [-0.3, -0.25) is 9.69 Å². The van der Waals surface area contributed by atoms with E-state index in [0.29, 0.717) is 47.7 Å². The lowest BCUT2D eigenvalue weighted by Crippen LogP contribution is -2.49. The lowest BCUT2D eigenvalue weighted by molar-refractivity contribution is 0.0608. The van der Waals surface area contributed by atoms with Crippen LogP contribution < -0.4 is 4.74 Å². The van der Waals surface area contributed by atoms with E-state index in [1.807, 2.05) is 37.3 Å². The van der Waals surface area contributed by atoms with Crippen LogP contribution in [0.5, 0.6) is 5.75 Å². The standard InChI is InChI=1S/C23H25Cl2N5O2/c1-2-20-26-22(27-30(20)21-18(24)9-6-10-19(21)25)23(31)29-13-11-28(12-14-29)15-16-32-17-7-4-3-5-8-17/h3-10H,2,11-16H2,1H3. The second-order valence-corrected chi connectivity index (χ2v) is 8.30. The number of para-hydroxylation sites is 2. The number of carbonyl (C=O) groups excluding carboxylic acids is 1. The minimum absolute atomic E-state index is 0.165. The van der Waals surface area contributed by atoms with E-state index in [1.54, 1.807) is 27.8 Å². The Morgan fingerprint density at radius 2 is 1.69 bits per heavy atom. The fourth-order valence-corrected chi connectivity index (χ4v) is 4.22. The second-order valence-electron chi connectivity index (χ2n) is 7.48. The summed E-state index contributed by atoms with van der Waals surface area (Å²) in [6, 6.07) is 15.0. The predicted octanol–water partition coefficient (Wildman–Crippen LogP) is 3.97. The van der Waals surface area contributed by atoms with Crippen molar-refractivity contribution in [3.05, 3.63) is 70.2 Å². The van der Waals surface area contributed by atoms with Gasteiger partial charge in [0.1, 0.15) is 23.9 Å². The molecule has 1 aliphatic rings. The summed E-state index contributed by atoms with van der Waals surface area (Å²) in [6.07, 6.45) is 0.594. The Bertz CT molecular complexity index is 1050. The Balaban J connectivity index is 1.37. The van der Waals surface area contributed by atoms with Crippen molar-refractivity contribution >= 4 is 29.1 Å². The highest BCUT2D eigenvalue weighted by atomic mass is 35.5. The predicted molar refractivity (Wildman–Crippen MR) is 125 cm³/mol. The average Bonchev–Trinajstić information content (AvgIpc) is 3.24. The van der Waals surface area contributed by atoms with Gasteiger partial charge in [-0.2, -0.15) is 0 Å². The summed E-state index contributed by atoms with van der Waals surface area (Å²) in [5.74, 6) is 1.49. The van der Waals surface area contributed by atoms with Gasteiger partial charge in [-0.15, -0.1) is 5.10 Å². The van der Waals surface area contributed by atoms with Gasteiger partial charge in [-0.25, -0.2) is 9.67 Å². The van der Waals surface area contributed by atoms with Gasteiger partial charge in [0, 0.05) is 39.1 Å². The van der Waals surface area contributed by atoms with Crippen molar-refractivity contribution in [1.82, 2.24) is 24.6 Å². The smallest absolute Gasteiger partial charge is 0.293 e. The third kappa shape index (κ3) is 5.06. The largest absolute Gasteiger partial charge is 0.492 e. The first-order chi connectivity index (χ1) is 15.6. The van der Waals surface area contributed by atoms with E-state index in [9.17, 15) is 4.79 Å². The van der Waals surface area contributed by atoms with Gasteiger partial charge in [-0.05, 0) is 24.3 Å². The number of benzene rings is 2. The van der Waals surface area contributed by atoms with Crippen molar-refractivity contribution in [2.75, 3.05) is 39.3 Å². The molecule has 168 valence electrons. The molecule has 1 aliphatic heterocycles. The molecular formula is C23H25Cl2N5O2. The Labute approximate surface area is 197 Å². The number of ether oxygens (including phenoxy) is 1. The molecule has 9 heteroatoms. The maximum Gasteiger partial charge on any atom is 0.293 e. The number of piperazine rings is 1. The molecule has 3 aromatic rings. The first-order valence-electron chi connectivity index (χ1n) is 10.7. The minimum Gasteiger partial charge on any atom is -0.492 e. The number of rotatable bonds is 7. The van der Waals surface area contributed by atoms with E-state index >= 15 is 0 Å². The Morgan fingerprint density at radius 1 is 1.00 bits per heavy atom. The van der Waals surface area contributed by atoms with Crippen molar-refractivity contribution in [3.8, 4) is 11.4 Å². The first kappa shape index (κ1) is 22.6. The Kier molecular flexibility index (Phi) is 7.29. The van der Waals surface area contributed by atoms with Crippen LogP contribution in [0.15, 0.2) is 48.5 Å². The zero-order chi connectivity index (χ0) is 22.5. The summed E-state index contributed by atoms with van der Waals surface area (Å²) < 4.78 is 7.35. The number of nitrogens with zero attached hydrogens (tertiary/aromatic N) is 5. The monoisotopic (exact) mass is 473 g/mol. The number of amides is 1. The highest BCUT2D eigenvalue weighted by molar-refractivity contribution is 6.37. The molecule has 2 aromatic carbocycles. The summed E-state index contributed by atoms with van der Waals surface area (Å²) in [5, 5.41) is 5.38. The molecule has 0 N–H and O–H groups in total. The molecule has 0 aliphatic carbocycles. The molecule has 1 fully saturated rings. The van der Waals surface area contributed by atoms with Crippen LogP contribution in [-0.4, -0.2) is 69.8 Å². The number of aromatic nitrogens is 3. The van der Waals surface area contributed by atoms with Crippen molar-refractivity contribution in [2.24, 2.45) is 0 Å². The zero-order valence-electron chi connectivity index (χ0n) is 17.9. The number of hydrogen-bond donors (Lipinski definition) is 0. The molecule has 4 rings (SSSR count). The molecule has 0 spiro atoms. The summed E-state index contributed by atoms with van der Waals surface area (Å²) in [5.41, 5.74) is 0.544. The highest BCUT2D eigenvalue weighted by Crippen LogP contribution is 2.29. The van der Waals surface area contributed by atoms with E-state index < -0.39 is 0 Å².